The summed E-state index contributed by atoms with van der Waals surface area (Å²) in [5.74, 6) is -0.841. The van der Waals surface area contributed by atoms with Crippen LogP contribution in [0.25, 0.3) is 0 Å². The molecule has 0 aliphatic rings. The minimum absolute atomic E-state index is 0.00752. The number of nitrogens with one attached hydrogen (secondary N) is 1. The van der Waals surface area contributed by atoms with Gasteiger partial charge in [0.25, 0.3) is 5.91 Å². The van der Waals surface area contributed by atoms with Crippen LogP contribution in [0.2, 0.25) is 0 Å². The molecule has 0 bridgehead atoms. The number of pyridine rings is 1. The van der Waals surface area contributed by atoms with Gasteiger partial charge in [0.15, 0.2) is 0 Å². The number of nitrogens with two attached hydrogens (primary N) is 1. The lowest BCUT2D eigenvalue weighted by molar-refractivity contribution is -0.120. The van der Waals surface area contributed by atoms with Crippen molar-refractivity contribution < 1.29 is 9.59 Å². The molecule has 2 atom stereocenters. The quantitative estimate of drug-likeness (QED) is 0.788. The zero-order chi connectivity index (χ0) is 12.8. The van der Waals surface area contributed by atoms with E-state index in [4.69, 9.17) is 5.73 Å². The molecule has 3 N–H and O–H groups in total. The largest absolute Gasteiger partial charge is 0.368 e. The third-order valence-electron chi connectivity index (χ3n) is 2.73. The predicted molar refractivity (Wildman–Crippen MR) is 64.1 cm³/mol. The summed E-state index contributed by atoms with van der Waals surface area (Å²) in [4.78, 5) is 26.9. The highest BCUT2D eigenvalue weighted by Gasteiger charge is 2.23. The third-order valence-corrected chi connectivity index (χ3v) is 2.73. The number of nitrogens with zero attached hydrogens (tertiary/aromatic N) is 1. The summed E-state index contributed by atoms with van der Waals surface area (Å²) in [5.41, 5.74) is 5.69. The first-order chi connectivity index (χ1) is 8.06. The molecular weight excluding hydrogens is 218 g/mol. The Labute approximate surface area is 100 Å². The zero-order valence-corrected chi connectivity index (χ0v) is 10.0. The zero-order valence-electron chi connectivity index (χ0n) is 10.0. The molecule has 92 valence electrons. The normalized spacial score (nSPS) is 13.8. The summed E-state index contributed by atoms with van der Waals surface area (Å²) in [6, 6.07) is 2.65. The van der Waals surface area contributed by atoms with Crippen molar-refractivity contribution in [2.45, 2.75) is 26.3 Å². The van der Waals surface area contributed by atoms with Gasteiger partial charge in [-0.3, -0.25) is 14.6 Å². The molecule has 1 heterocycles. The van der Waals surface area contributed by atoms with Gasteiger partial charge < -0.3 is 11.1 Å². The molecule has 0 fully saturated rings. The number of carbonyl (C=O) groups excluding carboxylic acids is 2. The summed E-state index contributed by atoms with van der Waals surface area (Å²) >= 11 is 0. The van der Waals surface area contributed by atoms with Crippen LogP contribution in [0.1, 0.15) is 30.6 Å². The number of primary amides is 1. The van der Waals surface area contributed by atoms with Crippen LogP contribution in [-0.2, 0) is 4.79 Å². The average Bonchev–Trinajstić information content (AvgIpc) is 2.35. The molecule has 0 unspecified atom stereocenters. The molecule has 0 radical (unpaired) electrons. The minimum Gasteiger partial charge on any atom is -0.368 e. The Morgan fingerprint density at radius 1 is 1.53 bits per heavy atom. The van der Waals surface area contributed by atoms with E-state index < -0.39 is 11.9 Å². The van der Waals surface area contributed by atoms with Gasteiger partial charge in [0.2, 0.25) is 5.91 Å². The summed E-state index contributed by atoms with van der Waals surface area (Å²) in [6.45, 7) is 3.82. The van der Waals surface area contributed by atoms with Gasteiger partial charge in [0.05, 0.1) is 5.56 Å². The van der Waals surface area contributed by atoms with Gasteiger partial charge in [-0.2, -0.15) is 0 Å². The van der Waals surface area contributed by atoms with Gasteiger partial charge in [-0.15, -0.1) is 0 Å². The molecule has 0 aromatic carbocycles. The Balaban J connectivity index is 2.75. The number of rotatable bonds is 5. The fraction of sp³-hybridized carbons (Fsp3) is 0.417. The smallest absolute Gasteiger partial charge is 0.253 e. The number of amides is 2. The van der Waals surface area contributed by atoms with Crippen LogP contribution in [0, 0.1) is 5.92 Å². The van der Waals surface area contributed by atoms with Gasteiger partial charge in [0.1, 0.15) is 6.04 Å². The number of hydrogen-bond donors (Lipinski definition) is 2. The van der Waals surface area contributed by atoms with Gasteiger partial charge >= 0.3 is 0 Å². The third kappa shape index (κ3) is 3.55. The van der Waals surface area contributed by atoms with Crippen molar-refractivity contribution in [2.75, 3.05) is 0 Å². The lowest BCUT2D eigenvalue weighted by Crippen LogP contribution is -2.48. The van der Waals surface area contributed by atoms with Crippen molar-refractivity contribution in [3.63, 3.8) is 0 Å². The molecule has 5 heteroatoms. The second kappa shape index (κ2) is 5.98. The van der Waals surface area contributed by atoms with Crippen LogP contribution in [0.15, 0.2) is 24.5 Å². The molecule has 0 saturated carbocycles. The SMILES string of the molecule is CC[C@@H](C)[C@@H](NC(=O)c1cccnc1)C(N)=O. The lowest BCUT2D eigenvalue weighted by Gasteiger charge is -2.20. The summed E-state index contributed by atoms with van der Waals surface area (Å²) in [6.07, 6.45) is 3.79. The van der Waals surface area contributed by atoms with Crippen molar-refractivity contribution in [1.29, 1.82) is 0 Å². The Morgan fingerprint density at radius 2 is 2.24 bits per heavy atom. The highest BCUT2D eigenvalue weighted by atomic mass is 16.2. The van der Waals surface area contributed by atoms with E-state index in [2.05, 4.69) is 10.3 Å². The van der Waals surface area contributed by atoms with Crippen LogP contribution in [-0.4, -0.2) is 22.8 Å². The summed E-state index contributed by atoms with van der Waals surface area (Å²) in [5, 5.41) is 2.63. The standard InChI is InChI=1S/C12H17N3O2/c1-3-8(2)10(11(13)16)15-12(17)9-5-4-6-14-7-9/h4-8,10H,3H2,1-2H3,(H2,13,16)(H,15,17)/t8-,10-/m1/s1. The van der Waals surface area contributed by atoms with Crippen LogP contribution < -0.4 is 11.1 Å². The molecule has 1 aromatic rings. The maximum Gasteiger partial charge on any atom is 0.253 e. The van der Waals surface area contributed by atoms with Gasteiger partial charge in [0, 0.05) is 12.4 Å². The second-order valence-electron chi connectivity index (χ2n) is 3.98. The van der Waals surface area contributed by atoms with E-state index in [0.29, 0.717) is 5.56 Å². The Bertz CT molecular complexity index is 392. The van der Waals surface area contributed by atoms with Crippen LogP contribution in [0.3, 0.4) is 0 Å². The molecule has 17 heavy (non-hydrogen) atoms. The number of carbonyl (C=O) groups is 2. The fourth-order valence-corrected chi connectivity index (χ4v) is 1.45. The van der Waals surface area contributed by atoms with E-state index in [1.807, 2.05) is 13.8 Å². The Kier molecular flexibility index (Phi) is 4.63. The van der Waals surface area contributed by atoms with E-state index in [1.54, 1.807) is 18.3 Å². The van der Waals surface area contributed by atoms with E-state index in [9.17, 15) is 9.59 Å². The number of aromatic nitrogens is 1. The van der Waals surface area contributed by atoms with Crippen LogP contribution in [0.4, 0.5) is 0 Å². The molecule has 0 spiro atoms. The van der Waals surface area contributed by atoms with E-state index in [-0.39, 0.29) is 11.8 Å². The first-order valence-corrected chi connectivity index (χ1v) is 5.56. The highest BCUT2D eigenvalue weighted by Crippen LogP contribution is 2.08. The van der Waals surface area contributed by atoms with E-state index >= 15 is 0 Å². The molecular formula is C12H17N3O2. The monoisotopic (exact) mass is 235 g/mol. The van der Waals surface area contributed by atoms with Crippen molar-refractivity contribution in [3.05, 3.63) is 30.1 Å². The second-order valence-corrected chi connectivity index (χ2v) is 3.98. The highest BCUT2D eigenvalue weighted by molar-refractivity contribution is 5.97. The minimum atomic E-state index is -0.646. The molecule has 5 nitrogen and oxygen atoms in total. The predicted octanol–water partition coefficient (Wildman–Crippen LogP) is 0.711. The van der Waals surface area contributed by atoms with Crippen molar-refractivity contribution >= 4 is 11.8 Å². The van der Waals surface area contributed by atoms with Gasteiger partial charge in [-0.25, -0.2) is 0 Å². The Hall–Kier alpha value is -1.91. The van der Waals surface area contributed by atoms with Crippen molar-refractivity contribution in [1.82, 2.24) is 10.3 Å². The lowest BCUT2D eigenvalue weighted by atomic mass is 9.98. The first kappa shape index (κ1) is 13.2. The molecule has 1 aromatic heterocycles. The first-order valence-electron chi connectivity index (χ1n) is 5.56. The fourth-order valence-electron chi connectivity index (χ4n) is 1.45. The number of hydrogen-bond acceptors (Lipinski definition) is 3. The maximum atomic E-state index is 11.8. The van der Waals surface area contributed by atoms with Crippen LogP contribution in [0.5, 0.6) is 0 Å². The molecule has 1 rings (SSSR count). The maximum absolute atomic E-state index is 11.8. The summed E-state index contributed by atoms with van der Waals surface area (Å²) < 4.78 is 0. The van der Waals surface area contributed by atoms with E-state index in [1.165, 1.54) is 6.20 Å². The Morgan fingerprint density at radius 3 is 2.71 bits per heavy atom. The summed E-state index contributed by atoms with van der Waals surface area (Å²) in [7, 11) is 0. The van der Waals surface area contributed by atoms with Crippen LogP contribution >= 0.6 is 0 Å². The van der Waals surface area contributed by atoms with Crippen molar-refractivity contribution in [2.24, 2.45) is 11.7 Å². The average molecular weight is 235 g/mol. The molecule has 0 saturated heterocycles. The molecule has 0 aliphatic heterocycles. The molecule has 0 aliphatic carbocycles. The van der Waals surface area contributed by atoms with E-state index in [0.717, 1.165) is 6.42 Å². The van der Waals surface area contributed by atoms with Gasteiger partial charge in [-0.05, 0) is 18.1 Å². The molecule has 2 amide bonds. The topological polar surface area (TPSA) is 85.1 Å². The van der Waals surface area contributed by atoms with Gasteiger partial charge in [-0.1, -0.05) is 20.3 Å². The van der Waals surface area contributed by atoms with Crippen molar-refractivity contribution in [3.8, 4) is 0 Å².